The summed E-state index contributed by atoms with van der Waals surface area (Å²) in [7, 11) is 0. The van der Waals surface area contributed by atoms with Crippen molar-refractivity contribution in [3.63, 3.8) is 0 Å². The van der Waals surface area contributed by atoms with Gasteiger partial charge in [0.1, 0.15) is 21.2 Å². The number of nitrogens with zero attached hydrogens (tertiary/aromatic N) is 3. The second-order valence-corrected chi connectivity index (χ2v) is 10.4. The number of likely N-dealkylation sites (tertiary alicyclic amines) is 1. The normalized spacial score (nSPS) is 18.5. The summed E-state index contributed by atoms with van der Waals surface area (Å²) in [6, 6.07) is 19.8. The van der Waals surface area contributed by atoms with Crippen LogP contribution >= 0.6 is 11.3 Å². The van der Waals surface area contributed by atoms with E-state index in [1.54, 1.807) is 12.1 Å². The van der Waals surface area contributed by atoms with Crippen LogP contribution in [0.4, 0.5) is 4.39 Å². The first-order valence-electron chi connectivity index (χ1n) is 11.5. The second kappa shape index (κ2) is 7.96. The number of carboxylic acids is 1. The molecule has 1 saturated heterocycles. The highest BCUT2D eigenvalue weighted by atomic mass is 32.1. The summed E-state index contributed by atoms with van der Waals surface area (Å²) in [5.41, 5.74) is 4.42. The number of thiazole rings is 1. The number of fused-ring (bicyclic) bond motifs is 1. The van der Waals surface area contributed by atoms with E-state index in [2.05, 4.69) is 40.2 Å². The molecule has 1 aliphatic heterocycles. The molecule has 0 amide bonds. The fourth-order valence-corrected chi connectivity index (χ4v) is 5.90. The minimum Gasteiger partial charge on any atom is -0.481 e. The first-order chi connectivity index (χ1) is 16.4. The van der Waals surface area contributed by atoms with E-state index in [1.807, 2.05) is 25.1 Å². The molecule has 3 heterocycles. The predicted octanol–water partition coefficient (Wildman–Crippen LogP) is 5.65. The van der Waals surface area contributed by atoms with Gasteiger partial charge >= 0.3 is 5.97 Å². The fraction of sp³-hybridized carbons (Fsp3) is 0.296. The molecule has 1 atom stereocenters. The highest BCUT2D eigenvalue weighted by molar-refractivity contribution is 7.21. The standard InChI is InChI=1S/C27H24FN3O2S/c1-16(31-14-18(15-31)26(32)33)17-7-8-20(21(28)13-17)24-29-22-9-10-23(30-25(22)34-24)27(11-12-27)19-5-3-2-4-6-19/h2-10,13,16,18H,11-12,14-15H2,1H3,(H,32,33)/t16-/m1/s1. The van der Waals surface area contributed by atoms with Crippen molar-refractivity contribution in [3.05, 3.63) is 83.3 Å². The van der Waals surface area contributed by atoms with Gasteiger partial charge in [0.05, 0.1) is 11.6 Å². The van der Waals surface area contributed by atoms with Gasteiger partial charge in [-0.05, 0) is 55.2 Å². The molecule has 5 nitrogen and oxygen atoms in total. The van der Waals surface area contributed by atoms with Gasteiger partial charge in [0.2, 0.25) is 0 Å². The number of halogens is 1. The molecule has 6 rings (SSSR count). The number of pyridine rings is 1. The Morgan fingerprint density at radius 2 is 1.88 bits per heavy atom. The van der Waals surface area contributed by atoms with Gasteiger partial charge in [-0.3, -0.25) is 9.69 Å². The Morgan fingerprint density at radius 3 is 2.56 bits per heavy atom. The number of carboxylic acid groups (broad SMARTS) is 1. The Labute approximate surface area is 200 Å². The lowest BCUT2D eigenvalue weighted by Gasteiger charge is -2.41. The summed E-state index contributed by atoms with van der Waals surface area (Å²) in [6.45, 7) is 2.97. The molecule has 7 heteroatoms. The number of aromatic nitrogens is 2. The van der Waals surface area contributed by atoms with Crippen LogP contribution in [0.15, 0.2) is 60.7 Å². The number of carbonyl (C=O) groups is 1. The minimum absolute atomic E-state index is 0.0147. The SMILES string of the molecule is C[C@H](c1ccc(-c2nc3ccc(C4(c5ccccc5)CC4)nc3s2)c(F)c1)N1CC(C(=O)O)C1. The van der Waals surface area contributed by atoms with Gasteiger partial charge in [0.15, 0.2) is 0 Å². The largest absolute Gasteiger partial charge is 0.481 e. The maximum Gasteiger partial charge on any atom is 0.309 e. The number of hydrogen-bond donors (Lipinski definition) is 1. The number of rotatable bonds is 6. The van der Waals surface area contributed by atoms with E-state index in [4.69, 9.17) is 10.1 Å². The zero-order valence-corrected chi connectivity index (χ0v) is 19.6. The Kier molecular flexibility index (Phi) is 5.00. The van der Waals surface area contributed by atoms with Crippen LogP contribution in [0, 0.1) is 11.7 Å². The molecule has 2 aliphatic rings. The molecular formula is C27H24FN3O2S. The lowest BCUT2D eigenvalue weighted by Crippen LogP contribution is -2.51. The van der Waals surface area contributed by atoms with Gasteiger partial charge in [-0.15, -0.1) is 0 Å². The van der Waals surface area contributed by atoms with Crippen molar-refractivity contribution in [2.24, 2.45) is 5.92 Å². The maximum absolute atomic E-state index is 15.1. The number of hydrogen-bond acceptors (Lipinski definition) is 5. The van der Waals surface area contributed by atoms with E-state index in [0.717, 1.165) is 34.4 Å². The maximum atomic E-state index is 15.1. The Balaban J connectivity index is 1.27. The third kappa shape index (κ3) is 3.51. The van der Waals surface area contributed by atoms with E-state index in [0.29, 0.717) is 23.7 Å². The Bertz CT molecular complexity index is 1390. The van der Waals surface area contributed by atoms with E-state index >= 15 is 4.39 Å². The molecule has 1 aliphatic carbocycles. The van der Waals surface area contributed by atoms with Crippen LogP contribution in [0.5, 0.6) is 0 Å². The van der Waals surface area contributed by atoms with Crippen molar-refractivity contribution in [2.45, 2.75) is 31.2 Å². The van der Waals surface area contributed by atoms with Crippen molar-refractivity contribution in [1.82, 2.24) is 14.9 Å². The molecule has 1 saturated carbocycles. The van der Waals surface area contributed by atoms with Crippen molar-refractivity contribution in [1.29, 1.82) is 0 Å². The van der Waals surface area contributed by atoms with E-state index in [-0.39, 0.29) is 23.2 Å². The molecule has 1 N–H and O–H groups in total. The molecule has 2 aromatic carbocycles. The first-order valence-corrected chi connectivity index (χ1v) is 12.4. The number of benzene rings is 2. The average molecular weight is 474 g/mol. The lowest BCUT2D eigenvalue weighted by molar-refractivity contribution is -0.148. The van der Waals surface area contributed by atoms with E-state index in [9.17, 15) is 4.79 Å². The summed E-state index contributed by atoms with van der Waals surface area (Å²) >= 11 is 1.42. The van der Waals surface area contributed by atoms with Crippen molar-refractivity contribution >= 4 is 27.7 Å². The highest BCUT2D eigenvalue weighted by Gasteiger charge is 2.47. The topological polar surface area (TPSA) is 66.3 Å². The van der Waals surface area contributed by atoms with Crippen LogP contribution in [0.1, 0.15) is 42.6 Å². The zero-order chi connectivity index (χ0) is 23.4. The molecule has 0 unspecified atom stereocenters. The first kappa shape index (κ1) is 21.4. The van der Waals surface area contributed by atoms with Gasteiger partial charge in [-0.1, -0.05) is 47.7 Å². The molecule has 4 aromatic rings. The van der Waals surface area contributed by atoms with Crippen molar-refractivity contribution in [2.75, 3.05) is 13.1 Å². The molecule has 172 valence electrons. The van der Waals surface area contributed by atoms with Gasteiger partial charge in [-0.25, -0.2) is 14.4 Å². The fourth-order valence-electron chi connectivity index (χ4n) is 4.93. The summed E-state index contributed by atoms with van der Waals surface area (Å²) in [5, 5.41) is 9.72. The second-order valence-electron chi connectivity index (χ2n) is 9.39. The quantitative estimate of drug-likeness (QED) is 0.392. The monoisotopic (exact) mass is 473 g/mol. The molecule has 2 aromatic heterocycles. The number of aliphatic carboxylic acids is 1. The molecule has 2 fully saturated rings. The van der Waals surface area contributed by atoms with Crippen LogP contribution < -0.4 is 0 Å². The van der Waals surface area contributed by atoms with Gasteiger partial charge in [0.25, 0.3) is 0 Å². The summed E-state index contributed by atoms with van der Waals surface area (Å²) in [6.07, 6.45) is 2.17. The summed E-state index contributed by atoms with van der Waals surface area (Å²) < 4.78 is 15.1. The van der Waals surface area contributed by atoms with Crippen LogP contribution in [-0.2, 0) is 10.2 Å². The smallest absolute Gasteiger partial charge is 0.309 e. The van der Waals surface area contributed by atoms with Gasteiger partial charge in [-0.2, -0.15) is 0 Å². The van der Waals surface area contributed by atoms with E-state index in [1.165, 1.54) is 16.9 Å². The lowest BCUT2D eigenvalue weighted by atomic mass is 9.92. The van der Waals surface area contributed by atoms with Crippen LogP contribution in [0.25, 0.3) is 20.9 Å². The Hall–Kier alpha value is -3.16. The average Bonchev–Trinajstić information content (AvgIpc) is 3.51. The van der Waals surface area contributed by atoms with Crippen LogP contribution in [-0.4, -0.2) is 39.0 Å². The van der Waals surface area contributed by atoms with Crippen LogP contribution in [0.2, 0.25) is 0 Å². The summed E-state index contributed by atoms with van der Waals surface area (Å²) in [5.74, 6) is -1.42. The summed E-state index contributed by atoms with van der Waals surface area (Å²) in [4.78, 5) is 23.6. The molecule has 0 bridgehead atoms. The highest BCUT2D eigenvalue weighted by Crippen LogP contribution is 2.53. The van der Waals surface area contributed by atoms with Crippen molar-refractivity contribution < 1.29 is 14.3 Å². The third-order valence-electron chi connectivity index (χ3n) is 7.33. The minimum atomic E-state index is -0.769. The van der Waals surface area contributed by atoms with Crippen LogP contribution in [0.3, 0.4) is 0 Å². The van der Waals surface area contributed by atoms with Crippen molar-refractivity contribution in [3.8, 4) is 10.6 Å². The van der Waals surface area contributed by atoms with Gasteiger partial charge < -0.3 is 5.11 Å². The molecular weight excluding hydrogens is 449 g/mol. The molecule has 34 heavy (non-hydrogen) atoms. The Morgan fingerprint density at radius 1 is 1.12 bits per heavy atom. The predicted molar refractivity (Wildman–Crippen MR) is 130 cm³/mol. The third-order valence-corrected chi connectivity index (χ3v) is 8.33. The zero-order valence-electron chi connectivity index (χ0n) is 18.7. The van der Waals surface area contributed by atoms with E-state index < -0.39 is 5.97 Å². The van der Waals surface area contributed by atoms with Gasteiger partial charge in [0, 0.05) is 30.1 Å². The molecule has 0 radical (unpaired) electrons. The molecule has 0 spiro atoms.